The molecule has 0 aliphatic rings. The summed E-state index contributed by atoms with van der Waals surface area (Å²) in [5, 5.41) is 20.0. The van der Waals surface area contributed by atoms with E-state index in [1.54, 1.807) is 55.5 Å². The summed E-state index contributed by atoms with van der Waals surface area (Å²) in [7, 11) is 0. The van der Waals surface area contributed by atoms with Crippen LogP contribution in [0.4, 0.5) is 0 Å². The lowest BCUT2D eigenvalue weighted by atomic mass is 9.84. The summed E-state index contributed by atoms with van der Waals surface area (Å²) in [5.74, 6) is -1.27. The predicted molar refractivity (Wildman–Crippen MR) is 68.3 cm³/mol. The van der Waals surface area contributed by atoms with Gasteiger partial charge < -0.3 is 10.2 Å². The fraction of sp³-hybridized carbons (Fsp3) is 0.133. The lowest BCUT2D eigenvalue weighted by Gasteiger charge is -2.26. The molecule has 0 amide bonds. The summed E-state index contributed by atoms with van der Waals surface area (Å²) in [6, 6.07) is 15.4. The molecule has 0 bridgehead atoms. The van der Waals surface area contributed by atoms with Gasteiger partial charge in [-0.1, -0.05) is 54.6 Å². The molecule has 1 atom stereocenters. The van der Waals surface area contributed by atoms with E-state index < -0.39 is 11.6 Å². The van der Waals surface area contributed by atoms with Crippen LogP contribution in [0.5, 0.6) is 0 Å². The molecule has 0 aliphatic carbocycles. The third-order valence-electron chi connectivity index (χ3n) is 3.04. The molecule has 2 aromatic carbocycles. The molecule has 0 saturated carbocycles. The number of aliphatic hydroxyl groups is 1. The van der Waals surface area contributed by atoms with Crippen molar-refractivity contribution in [2.45, 2.75) is 12.5 Å². The summed E-state index contributed by atoms with van der Waals surface area (Å²) in [5.41, 5.74) is -0.520. The maximum absolute atomic E-state index is 11.5. The zero-order valence-electron chi connectivity index (χ0n) is 10.00. The van der Waals surface area contributed by atoms with Crippen LogP contribution >= 0.6 is 0 Å². The van der Waals surface area contributed by atoms with E-state index in [1.807, 2.05) is 6.07 Å². The first kappa shape index (κ1) is 12.3. The van der Waals surface area contributed by atoms with Crippen molar-refractivity contribution in [3.63, 3.8) is 0 Å². The Kier molecular flexibility index (Phi) is 3.17. The number of rotatable bonds is 3. The minimum atomic E-state index is -2.01. The summed E-state index contributed by atoms with van der Waals surface area (Å²) in [6.07, 6.45) is 0. The summed E-state index contributed by atoms with van der Waals surface area (Å²) >= 11 is 0. The van der Waals surface area contributed by atoms with E-state index in [0.717, 1.165) is 5.56 Å². The molecule has 3 nitrogen and oxygen atoms in total. The van der Waals surface area contributed by atoms with Gasteiger partial charge in [-0.05, 0) is 18.1 Å². The maximum atomic E-state index is 11.5. The van der Waals surface area contributed by atoms with E-state index in [9.17, 15) is 15.0 Å². The zero-order chi connectivity index (χ0) is 13.2. The monoisotopic (exact) mass is 242 g/mol. The molecule has 0 heterocycles. The van der Waals surface area contributed by atoms with Crippen molar-refractivity contribution in [2.24, 2.45) is 0 Å². The normalized spacial score (nSPS) is 13.9. The topological polar surface area (TPSA) is 57.5 Å². The standard InChI is InChI=1S/C15H14O3/c1-11-7-5-6-10-13(11)15(18,14(16)17)12-8-3-2-4-9-12/h2-10,18H,1H3,(H,16,17)/t15-/m1/s1. The number of hydrogen-bond acceptors (Lipinski definition) is 2. The van der Waals surface area contributed by atoms with Crippen LogP contribution in [0.15, 0.2) is 54.6 Å². The minimum Gasteiger partial charge on any atom is -0.479 e. The number of aliphatic carboxylic acids is 1. The average Bonchev–Trinajstić information content (AvgIpc) is 2.39. The minimum absolute atomic E-state index is 0.354. The third-order valence-corrected chi connectivity index (χ3v) is 3.04. The highest BCUT2D eigenvalue weighted by Gasteiger charge is 2.40. The molecule has 0 aromatic heterocycles. The first-order valence-corrected chi connectivity index (χ1v) is 5.64. The number of hydrogen-bond donors (Lipinski definition) is 2. The average molecular weight is 242 g/mol. The molecule has 92 valence electrons. The first-order chi connectivity index (χ1) is 8.56. The Balaban J connectivity index is 2.67. The van der Waals surface area contributed by atoms with Gasteiger partial charge >= 0.3 is 5.97 Å². The van der Waals surface area contributed by atoms with Gasteiger partial charge in [0.25, 0.3) is 0 Å². The smallest absolute Gasteiger partial charge is 0.345 e. The van der Waals surface area contributed by atoms with Crippen LogP contribution in [0.3, 0.4) is 0 Å². The number of carboxylic acid groups (broad SMARTS) is 1. The molecule has 2 rings (SSSR count). The van der Waals surface area contributed by atoms with Crippen LogP contribution in [-0.4, -0.2) is 16.2 Å². The second-order valence-corrected chi connectivity index (χ2v) is 4.20. The van der Waals surface area contributed by atoms with Crippen LogP contribution in [0.1, 0.15) is 16.7 Å². The van der Waals surface area contributed by atoms with Gasteiger partial charge in [0.05, 0.1) is 0 Å². The SMILES string of the molecule is Cc1ccccc1[C@@](O)(C(=O)O)c1ccccc1. The van der Waals surface area contributed by atoms with Gasteiger partial charge in [0.1, 0.15) is 0 Å². The van der Waals surface area contributed by atoms with E-state index in [1.165, 1.54) is 0 Å². The number of carboxylic acids is 1. The maximum Gasteiger partial charge on any atom is 0.345 e. The lowest BCUT2D eigenvalue weighted by Crippen LogP contribution is -2.37. The molecule has 2 N–H and O–H groups in total. The molecule has 0 aliphatic heterocycles. The van der Waals surface area contributed by atoms with Crippen LogP contribution in [0.25, 0.3) is 0 Å². The Bertz CT molecular complexity index is 563. The van der Waals surface area contributed by atoms with Crippen LogP contribution in [0, 0.1) is 6.92 Å². The van der Waals surface area contributed by atoms with Crippen molar-refractivity contribution in [3.8, 4) is 0 Å². The van der Waals surface area contributed by atoms with Crippen molar-refractivity contribution < 1.29 is 15.0 Å². The number of carbonyl (C=O) groups is 1. The Labute approximate surface area is 105 Å². The molecule has 18 heavy (non-hydrogen) atoms. The van der Waals surface area contributed by atoms with E-state index >= 15 is 0 Å². The van der Waals surface area contributed by atoms with Gasteiger partial charge in [0, 0.05) is 5.56 Å². The zero-order valence-corrected chi connectivity index (χ0v) is 10.00. The molecule has 0 saturated heterocycles. The highest BCUT2D eigenvalue weighted by atomic mass is 16.4. The third kappa shape index (κ3) is 1.89. The van der Waals surface area contributed by atoms with Gasteiger partial charge in [-0.15, -0.1) is 0 Å². The van der Waals surface area contributed by atoms with Crippen LogP contribution in [0.2, 0.25) is 0 Å². The van der Waals surface area contributed by atoms with E-state index in [0.29, 0.717) is 11.1 Å². The Morgan fingerprint density at radius 3 is 2.11 bits per heavy atom. The summed E-state index contributed by atoms with van der Waals surface area (Å²) in [4.78, 5) is 11.5. The Morgan fingerprint density at radius 2 is 1.56 bits per heavy atom. The second-order valence-electron chi connectivity index (χ2n) is 4.20. The van der Waals surface area contributed by atoms with E-state index in [2.05, 4.69) is 0 Å². The van der Waals surface area contributed by atoms with Crippen molar-refractivity contribution in [3.05, 3.63) is 71.3 Å². The van der Waals surface area contributed by atoms with Crippen LogP contribution < -0.4 is 0 Å². The van der Waals surface area contributed by atoms with Gasteiger partial charge in [0.15, 0.2) is 0 Å². The lowest BCUT2D eigenvalue weighted by molar-refractivity contribution is -0.155. The van der Waals surface area contributed by atoms with E-state index in [-0.39, 0.29) is 0 Å². The van der Waals surface area contributed by atoms with Crippen molar-refractivity contribution in [1.82, 2.24) is 0 Å². The van der Waals surface area contributed by atoms with Crippen LogP contribution in [-0.2, 0) is 10.4 Å². The molecule has 0 unspecified atom stereocenters. The molecule has 0 spiro atoms. The summed E-state index contributed by atoms with van der Waals surface area (Å²) in [6.45, 7) is 1.78. The fourth-order valence-corrected chi connectivity index (χ4v) is 2.05. The van der Waals surface area contributed by atoms with Gasteiger partial charge in [-0.3, -0.25) is 0 Å². The molecular weight excluding hydrogens is 228 g/mol. The highest BCUT2D eigenvalue weighted by molar-refractivity contribution is 5.84. The van der Waals surface area contributed by atoms with Crippen molar-refractivity contribution in [2.75, 3.05) is 0 Å². The summed E-state index contributed by atoms with van der Waals surface area (Å²) < 4.78 is 0. The Morgan fingerprint density at radius 1 is 1.00 bits per heavy atom. The molecule has 3 heteroatoms. The van der Waals surface area contributed by atoms with E-state index in [4.69, 9.17) is 0 Å². The van der Waals surface area contributed by atoms with Gasteiger partial charge in [0.2, 0.25) is 5.60 Å². The molecule has 0 fully saturated rings. The quantitative estimate of drug-likeness (QED) is 0.868. The fourth-order valence-electron chi connectivity index (χ4n) is 2.05. The Hall–Kier alpha value is -2.13. The second kappa shape index (κ2) is 4.63. The first-order valence-electron chi connectivity index (χ1n) is 5.64. The predicted octanol–water partition coefficient (Wildman–Crippen LogP) is 2.32. The molecular formula is C15H14O3. The molecule has 2 aromatic rings. The highest BCUT2D eigenvalue weighted by Crippen LogP contribution is 2.31. The van der Waals surface area contributed by atoms with Crippen molar-refractivity contribution in [1.29, 1.82) is 0 Å². The van der Waals surface area contributed by atoms with Gasteiger partial charge in [-0.2, -0.15) is 0 Å². The molecule has 0 radical (unpaired) electrons. The number of aryl methyl sites for hydroxylation is 1. The largest absolute Gasteiger partial charge is 0.479 e. The van der Waals surface area contributed by atoms with Crippen molar-refractivity contribution >= 4 is 5.97 Å². The number of benzene rings is 2. The van der Waals surface area contributed by atoms with Gasteiger partial charge in [-0.25, -0.2) is 4.79 Å².